The van der Waals surface area contributed by atoms with Gasteiger partial charge in [-0.1, -0.05) is 36.4 Å². The number of nitrogens with zero attached hydrogens (tertiary/aromatic N) is 1. The number of hydrogen-bond acceptors (Lipinski definition) is 2. The van der Waals surface area contributed by atoms with E-state index < -0.39 is 0 Å². The predicted molar refractivity (Wildman–Crippen MR) is 124 cm³/mol. The number of guanidine groups is 1. The fourth-order valence-electron chi connectivity index (χ4n) is 3.29. The van der Waals surface area contributed by atoms with Crippen molar-refractivity contribution in [2.45, 2.75) is 38.5 Å². The van der Waals surface area contributed by atoms with Crippen LogP contribution in [-0.4, -0.2) is 25.7 Å². The Balaban J connectivity index is 0.00000261. The molecule has 0 aliphatic heterocycles. The summed E-state index contributed by atoms with van der Waals surface area (Å²) in [5, 5.41) is 3.20. The van der Waals surface area contributed by atoms with E-state index in [9.17, 15) is 0 Å². The van der Waals surface area contributed by atoms with E-state index in [4.69, 9.17) is 10.5 Å². The third-order valence-electron chi connectivity index (χ3n) is 4.73. The van der Waals surface area contributed by atoms with Gasteiger partial charge >= 0.3 is 0 Å². The quantitative estimate of drug-likeness (QED) is 0.240. The molecular formula is C22H30IN3O. The van der Waals surface area contributed by atoms with Gasteiger partial charge in [-0.15, -0.1) is 24.0 Å². The van der Waals surface area contributed by atoms with Gasteiger partial charge < -0.3 is 15.8 Å². The molecule has 0 unspecified atom stereocenters. The second kappa shape index (κ2) is 12.0. The van der Waals surface area contributed by atoms with Crippen molar-refractivity contribution in [3.8, 4) is 0 Å². The van der Waals surface area contributed by atoms with E-state index in [0.29, 0.717) is 5.96 Å². The molecule has 3 rings (SSSR count). The number of nitrogens with one attached hydrogen (secondary N) is 1. The van der Waals surface area contributed by atoms with E-state index in [1.807, 2.05) is 6.07 Å². The van der Waals surface area contributed by atoms with Crippen molar-refractivity contribution in [3.05, 3.63) is 65.2 Å². The monoisotopic (exact) mass is 479 g/mol. The van der Waals surface area contributed by atoms with E-state index >= 15 is 0 Å². The van der Waals surface area contributed by atoms with E-state index in [2.05, 4.69) is 52.8 Å². The summed E-state index contributed by atoms with van der Waals surface area (Å²) in [6.45, 7) is 2.28. The minimum absolute atomic E-state index is 0. The minimum atomic E-state index is 0. The first kappa shape index (κ1) is 21.7. The number of halogens is 1. The molecule has 4 nitrogen and oxygen atoms in total. The Kier molecular flexibility index (Phi) is 9.62. The lowest BCUT2D eigenvalue weighted by Crippen LogP contribution is -2.23. The normalized spacial score (nSPS) is 13.1. The summed E-state index contributed by atoms with van der Waals surface area (Å²) in [6, 6.07) is 16.9. The molecule has 0 radical (unpaired) electrons. The van der Waals surface area contributed by atoms with Gasteiger partial charge in [0.05, 0.1) is 6.61 Å². The third-order valence-corrected chi connectivity index (χ3v) is 4.73. The third kappa shape index (κ3) is 7.50. The van der Waals surface area contributed by atoms with Crippen LogP contribution in [0.4, 0.5) is 5.69 Å². The molecular weight excluding hydrogens is 449 g/mol. The number of aliphatic imine (C=N–C) groups is 1. The first-order valence-electron chi connectivity index (χ1n) is 9.62. The van der Waals surface area contributed by atoms with Gasteiger partial charge in [-0.2, -0.15) is 0 Å². The lowest BCUT2D eigenvalue weighted by atomic mass is 10.1. The Hall–Kier alpha value is -1.60. The number of hydrogen-bond donors (Lipinski definition) is 2. The highest BCUT2D eigenvalue weighted by molar-refractivity contribution is 14.0. The second-order valence-electron chi connectivity index (χ2n) is 6.78. The van der Waals surface area contributed by atoms with Crippen LogP contribution in [0.2, 0.25) is 0 Å². The number of fused-ring (bicyclic) bond motifs is 1. The molecule has 0 atom stereocenters. The maximum atomic E-state index is 5.99. The maximum Gasteiger partial charge on any atom is 0.193 e. The SMILES string of the molecule is I.NC(=NCCCCOCCc1ccccc1)Nc1ccc2c(c1)CCC2. The topological polar surface area (TPSA) is 59.6 Å². The average molecular weight is 479 g/mol. The van der Waals surface area contributed by atoms with Gasteiger partial charge in [0, 0.05) is 18.8 Å². The highest BCUT2D eigenvalue weighted by Gasteiger charge is 2.10. The van der Waals surface area contributed by atoms with Crippen molar-refractivity contribution >= 4 is 35.6 Å². The van der Waals surface area contributed by atoms with E-state index in [-0.39, 0.29) is 24.0 Å². The fraction of sp³-hybridized carbons (Fsp3) is 0.409. The van der Waals surface area contributed by atoms with Crippen molar-refractivity contribution in [3.63, 3.8) is 0 Å². The number of aryl methyl sites for hydroxylation is 2. The number of nitrogens with two attached hydrogens (primary N) is 1. The summed E-state index contributed by atoms with van der Waals surface area (Å²) in [7, 11) is 0. The zero-order chi connectivity index (χ0) is 18.0. The first-order valence-corrected chi connectivity index (χ1v) is 9.62. The van der Waals surface area contributed by atoms with Crippen molar-refractivity contribution in [1.82, 2.24) is 0 Å². The van der Waals surface area contributed by atoms with Gasteiger partial charge in [-0.25, -0.2) is 0 Å². The summed E-state index contributed by atoms with van der Waals surface area (Å²) in [5.41, 5.74) is 11.3. The minimum Gasteiger partial charge on any atom is -0.381 e. The number of anilines is 1. The van der Waals surface area contributed by atoms with Gasteiger partial charge in [-0.05, 0) is 67.3 Å². The maximum absolute atomic E-state index is 5.99. The van der Waals surface area contributed by atoms with E-state index in [1.54, 1.807) is 0 Å². The smallest absolute Gasteiger partial charge is 0.193 e. The van der Waals surface area contributed by atoms with Crippen molar-refractivity contribution in [2.75, 3.05) is 25.1 Å². The first-order chi connectivity index (χ1) is 12.8. The van der Waals surface area contributed by atoms with E-state index in [0.717, 1.165) is 44.7 Å². The van der Waals surface area contributed by atoms with Crippen LogP contribution in [0.1, 0.15) is 36.0 Å². The molecule has 0 bridgehead atoms. The van der Waals surface area contributed by atoms with Crippen LogP contribution in [0, 0.1) is 0 Å². The van der Waals surface area contributed by atoms with Crippen molar-refractivity contribution in [2.24, 2.45) is 10.7 Å². The molecule has 0 aromatic heterocycles. The zero-order valence-corrected chi connectivity index (χ0v) is 18.2. The average Bonchev–Trinajstić information content (AvgIpc) is 3.12. The Morgan fingerprint density at radius 1 is 1.00 bits per heavy atom. The van der Waals surface area contributed by atoms with Crippen LogP contribution < -0.4 is 11.1 Å². The van der Waals surface area contributed by atoms with Crippen LogP contribution in [0.15, 0.2) is 53.5 Å². The molecule has 5 heteroatoms. The van der Waals surface area contributed by atoms with Crippen LogP contribution in [0.3, 0.4) is 0 Å². The molecule has 3 N–H and O–H groups in total. The summed E-state index contributed by atoms with van der Waals surface area (Å²) < 4.78 is 5.69. The van der Waals surface area contributed by atoms with Crippen molar-refractivity contribution < 1.29 is 4.74 Å². The molecule has 1 aliphatic rings. The number of ether oxygens (including phenoxy) is 1. The number of rotatable bonds is 9. The van der Waals surface area contributed by atoms with Crippen LogP contribution >= 0.6 is 24.0 Å². The Morgan fingerprint density at radius 3 is 2.67 bits per heavy atom. The highest BCUT2D eigenvalue weighted by Crippen LogP contribution is 2.24. The molecule has 0 amide bonds. The Labute approximate surface area is 179 Å². The summed E-state index contributed by atoms with van der Waals surface area (Å²) in [4.78, 5) is 4.41. The fourth-order valence-corrected chi connectivity index (χ4v) is 3.29. The molecule has 27 heavy (non-hydrogen) atoms. The second-order valence-corrected chi connectivity index (χ2v) is 6.78. The summed E-state index contributed by atoms with van der Waals surface area (Å²) in [6.07, 6.45) is 6.59. The highest BCUT2D eigenvalue weighted by atomic mass is 127. The molecule has 0 spiro atoms. The lowest BCUT2D eigenvalue weighted by molar-refractivity contribution is 0.134. The van der Waals surface area contributed by atoms with E-state index in [1.165, 1.54) is 36.0 Å². The number of benzene rings is 2. The Bertz CT molecular complexity index is 719. The van der Waals surface area contributed by atoms with Crippen molar-refractivity contribution in [1.29, 1.82) is 0 Å². The molecule has 2 aromatic rings. The molecule has 1 aliphatic carbocycles. The van der Waals surface area contributed by atoms with Gasteiger partial charge in [0.25, 0.3) is 0 Å². The molecule has 146 valence electrons. The Morgan fingerprint density at radius 2 is 1.81 bits per heavy atom. The van der Waals surface area contributed by atoms with Gasteiger partial charge in [-0.3, -0.25) is 4.99 Å². The zero-order valence-electron chi connectivity index (χ0n) is 15.8. The predicted octanol–water partition coefficient (Wildman–Crippen LogP) is 4.56. The van der Waals surface area contributed by atoms with Crippen LogP contribution in [-0.2, 0) is 24.0 Å². The van der Waals surface area contributed by atoms with Crippen LogP contribution in [0.25, 0.3) is 0 Å². The molecule has 0 fully saturated rings. The molecule has 2 aromatic carbocycles. The molecule has 0 saturated heterocycles. The van der Waals surface area contributed by atoms with Gasteiger partial charge in [0.2, 0.25) is 0 Å². The summed E-state index contributed by atoms with van der Waals surface area (Å²) in [5.74, 6) is 0.493. The van der Waals surface area contributed by atoms with Crippen LogP contribution in [0.5, 0.6) is 0 Å². The molecule has 0 heterocycles. The standard InChI is InChI=1S/C22H29N3O.HI/c23-22(25-21-12-11-19-9-6-10-20(19)17-21)24-14-4-5-15-26-16-13-18-7-2-1-3-8-18;/h1-3,7-8,11-12,17H,4-6,9-10,13-16H2,(H3,23,24,25);1H. The van der Waals surface area contributed by atoms with Gasteiger partial charge in [0.1, 0.15) is 0 Å². The van der Waals surface area contributed by atoms with Gasteiger partial charge in [0.15, 0.2) is 5.96 Å². The largest absolute Gasteiger partial charge is 0.381 e. The molecule has 0 saturated carbocycles. The number of unbranched alkanes of at least 4 members (excludes halogenated alkanes) is 1. The summed E-state index contributed by atoms with van der Waals surface area (Å²) >= 11 is 0. The lowest BCUT2D eigenvalue weighted by Gasteiger charge is -2.08.